The Kier molecular flexibility index (Phi) is 4.26. The molecule has 0 saturated carbocycles. The van der Waals surface area contributed by atoms with Crippen LogP contribution in [0.2, 0.25) is 0 Å². The standard InChI is InChI=1S/C14H13N3OS/c1-10-2-4-11(5-3-10)8-12-9-16-14(19-12)17-13(18)6-7-15/h2-5,9H,6,8H2,1H3,(H,16,17,18). The van der Waals surface area contributed by atoms with Crippen LogP contribution >= 0.6 is 11.3 Å². The monoisotopic (exact) mass is 271 g/mol. The summed E-state index contributed by atoms with van der Waals surface area (Å²) in [4.78, 5) is 16.5. The van der Waals surface area contributed by atoms with Crippen molar-refractivity contribution in [1.82, 2.24) is 4.98 Å². The number of aromatic nitrogens is 1. The van der Waals surface area contributed by atoms with Gasteiger partial charge in [0, 0.05) is 17.5 Å². The number of nitrogens with one attached hydrogen (secondary N) is 1. The van der Waals surface area contributed by atoms with Gasteiger partial charge in [0.2, 0.25) is 5.91 Å². The van der Waals surface area contributed by atoms with Crippen LogP contribution in [-0.2, 0) is 11.2 Å². The number of anilines is 1. The van der Waals surface area contributed by atoms with Crippen molar-refractivity contribution in [2.45, 2.75) is 19.8 Å². The fourth-order valence-electron chi connectivity index (χ4n) is 1.59. The summed E-state index contributed by atoms with van der Waals surface area (Å²) < 4.78 is 0. The molecule has 0 aliphatic carbocycles. The van der Waals surface area contributed by atoms with E-state index in [-0.39, 0.29) is 12.3 Å². The van der Waals surface area contributed by atoms with E-state index in [1.807, 2.05) is 0 Å². The maximum absolute atomic E-state index is 11.3. The van der Waals surface area contributed by atoms with E-state index in [0.29, 0.717) is 5.13 Å². The minimum absolute atomic E-state index is 0.146. The van der Waals surface area contributed by atoms with Crippen LogP contribution in [0.15, 0.2) is 30.5 Å². The average molecular weight is 271 g/mol. The molecule has 4 nitrogen and oxygen atoms in total. The van der Waals surface area contributed by atoms with E-state index >= 15 is 0 Å². The summed E-state index contributed by atoms with van der Waals surface area (Å²) in [5.41, 5.74) is 2.45. The zero-order valence-corrected chi connectivity index (χ0v) is 11.3. The smallest absolute Gasteiger partial charge is 0.240 e. The van der Waals surface area contributed by atoms with Crippen molar-refractivity contribution in [3.05, 3.63) is 46.5 Å². The van der Waals surface area contributed by atoms with Crippen LogP contribution in [0, 0.1) is 18.3 Å². The second-order valence-electron chi connectivity index (χ2n) is 4.18. The summed E-state index contributed by atoms with van der Waals surface area (Å²) in [5, 5.41) is 11.6. The number of carbonyl (C=O) groups is 1. The number of carbonyl (C=O) groups excluding carboxylic acids is 1. The summed E-state index contributed by atoms with van der Waals surface area (Å²) in [6, 6.07) is 10.1. The lowest BCUT2D eigenvalue weighted by atomic mass is 10.1. The van der Waals surface area contributed by atoms with Crippen molar-refractivity contribution >= 4 is 22.4 Å². The number of thiazole rings is 1. The second kappa shape index (κ2) is 6.12. The van der Waals surface area contributed by atoms with Crippen molar-refractivity contribution in [3.63, 3.8) is 0 Å². The molecule has 96 valence electrons. The Morgan fingerprint density at radius 1 is 1.42 bits per heavy atom. The van der Waals surface area contributed by atoms with Gasteiger partial charge >= 0.3 is 0 Å². The Morgan fingerprint density at radius 2 is 2.16 bits per heavy atom. The summed E-state index contributed by atoms with van der Waals surface area (Å²) in [7, 11) is 0. The average Bonchev–Trinajstić information content (AvgIpc) is 2.80. The van der Waals surface area contributed by atoms with E-state index in [0.717, 1.165) is 11.3 Å². The van der Waals surface area contributed by atoms with Gasteiger partial charge in [0.25, 0.3) is 0 Å². The molecule has 0 spiro atoms. The van der Waals surface area contributed by atoms with Crippen molar-refractivity contribution in [2.75, 3.05) is 5.32 Å². The SMILES string of the molecule is Cc1ccc(Cc2cnc(NC(=O)CC#N)s2)cc1. The van der Waals surface area contributed by atoms with Gasteiger partial charge in [-0.15, -0.1) is 11.3 Å². The molecule has 1 heterocycles. The van der Waals surface area contributed by atoms with Gasteiger partial charge in [-0.1, -0.05) is 29.8 Å². The Labute approximate surface area is 115 Å². The number of hydrogen-bond donors (Lipinski definition) is 1. The molecule has 0 aliphatic rings. The molecular formula is C14H13N3OS. The number of nitrogens with zero attached hydrogens (tertiary/aromatic N) is 2. The molecule has 0 unspecified atom stereocenters. The van der Waals surface area contributed by atoms with Crippen LogP contribution in [0.3, 0.4) is 0 Å². The van der Waals surface area contributed by atoms with Gasteiger partial charge in [-0.2, -0.15) is 5.26 Å². The minimum atomic E-state index is -0.321. The summed E-state index contributed by atoms with van der Waals surface area (Å²) in [6.45, 7) is 2.05. The van der Waals surface area contributed by atoms with Gasteiger partial charge in [0.1, 0.15) is 6.42 Å². The predicted molar refractivity (Wildman–Crippen MR) is 75.0 cm³/mol. The third kappa shape index (κ3) is 3.90. The van der Waals surface area contributed by atoms with Gasteiger partial charge in [0.05, 0.1) is 6.07 Å². The quantitative estimate of drug-likeness (QED) is 0.929. The molecule has 1 aromatic heterocycles. The number of amides is 1. The highest BCUT2D eigenvalue weighted by atomic mass is 32.1. The van der Waals surface area contributed by atoms with Crippen molar-refractivity contribution in [2.24, 2.45) is 0 Å². The third-order valence-corrected chi connectivity index (χ3v) is 3.45. The van der Waals surface area contributed by atoms with Crippen molar-refractivity contribution in [3.8, 4) is 6.07 Å². The molecular weight excluding hydrogens is 258 g/mol. The van der Waals surface area contributed by atoms with Gasteiger partial charge in [-0.3, -0.25) is 4.79 Å². The lowest BCUT2D eigenvalue weighted by Crippen LogP contribution is -2.09. The van der Waals surface area contributed by atoms with Crippen LogP contribution in [0.1, 0.15) is 22.4 Å². The van der Waals surface area contributed by atoms with E-state index in [1.54, 1.807) is 12.3 Å². The molecule has 0 bridgehead atoms. The first-order valence-corrected chi connectivity index (χ1v) is 6.66. The lowest BCUT2D eigenvalue weighted by molar-refractivity contribution is -0.115. The summed E-state index contributed by atoms with van der Waals surface area (Å²) in [6.07, 6.45) is 2.41. The van der Waals surface area contributed by atoms with E-state index in [1.165, 1.54) is 22.5 Å². The van der Waals surface area contributed by atoms with E-state index in [4.69, 9.17) is 5.26 Å². The highest BCUT2D eigenvalue weighted by Crippen LogP contribution is 2.21. The number of hydrogen-bond acceptors (Lipinski definition) is 4. The Bertz CT molecular complexity index is 610. The van der Waals surface area contributed by atoms with Crippen molar-refractivity contribution < 1.29 is 4.79 Å². The highest BCUT2D eigenvalue weighted by Gasteiger charge is 2.06. The van der Waals surface area contributed by atoms with E-state index < -0.39 is 0 Å². The van der Waals surface area contributed by atoms with Crippen LogP contribution in [0.5, 0.6) is 0 Å². The fourth-order valence-corrected chi connectivity index (χ4v) is 2.45. The first-order valence-electron chi connectivity index (χ1n) is 5.84. The van der Waals surface area contributed by atoms with Crippen LogP contribution in [0.25, 0.3) is 0 Å². The topological polar surface area (TPSA) is 65.8 Å². The molecule has 2 rings (SSSR count). The van der Waals surface area contributed by atoms with Crippen LogP contribution in [0.4, 0.5) is 5.13 Å². The third-order valence-electron chi connectivity index (χ3n) is 2.54. The molecule has 5 heteroatoms. The van der Waals surface area contributed by atoms with Gasteiger partial charge < -0.3 is 5.32 Å². The Balaban J connectivity index is 1.99. The first kappa shape index (κ1) is 13.2. The Morgan fingerprint density at radius 3 is 2.84 bits per heavy atom. The van der Waals surface area contributed by atoms with Gasteiger partial charge in [-0.25, -0.2) is 4.98 Å². The predicted octanol–water partition coefficient (Wildman–Crippen LogP) is 2.89. The molecule has 0 radical (unpaired) electrons. The zero-order chi connectivity index (χ0) is 13.7. The molecule has 0 aliphatic heterocycles. The molecule has 0 saturated heterocycles. The van der Waals surface area contributed by atoms with Crippen LogP contribution < -0.4 is 5.32 Å². The minimum Gasteiger partial charge on any atom is -0.301 e. The van der Waals surface area contributed by atoms with Crippen LogP contribution in [-0.4, -0.2) is 10.9 Å². The highest BCUT2D eigenvalue weighted by molar-refractivity contribution is 7.15. The Hall–Kier alpha value is -2.19. The number of aryl methyl sites for hydroxylation is 1. The maximum atomic E-state index is 11.3. The number of rotatable bonds is 4. The number of nitriles is 1. The second-order valence-corrected chi connectivity index (χ2v) is 5.29. The van der Waals surface area contributed by atoms with E-state index in [2.05, 4.69) is 41.5 Å². The lowest BCUT2D eigenvalue weighted by Gasteiger charge is -1.99. The molecule has 1 amide bonds. The summed E-state index contributed by atoms with van der Waals surface area (Å²) in [5.74, 6) is -0.321. The van der Waals surface area contributed by atoms with Gasteiger partial charge in [0.15, 0.2) is 5.13 Å². The molecule has 19 heavy (non-hydrogen) atoms. The molecule has 2 aromatic rings. The zero-order valence-electron chi connectivity index (χ0n) is 10.5. The van der Waals surface area contributed by atoms with Crippen molar-refractivity contribution in [1.29, 1.82) is 5.26 Å². The first-order chi connectivity index (χ1) is 9.17. The normalized spacial score (nSPS) is 9.89. The maximum Gasteiger partial charge on any atom is 0.240 e. The largest absolute Gasteiger partial charge is 0.301 e. The molecule has 0 atom stereocenters. The molecule has 0 fully saturated rings. The number of benzene rings is 1. The molecule has 1 N–H and O–H groups in total. The summed E-state index contributed by atoms with van der Waals surface area (Å²) >= 11 is 1.43. The van der Waals surface area contributed by atoms with Gasteiger partial charge in [-0.05, 0) is 12.5 Å². The van der Waals surface area contributed by atoms with E-state index in [9.17, 15) is 4.79 Å². The molecule has 1 aromatic carbocycles. The fraction of sp³-hybridized carbons (Fsp3) is 0.214.